The number of carbonyl (C=O) groups excluding carboxylic acids is 1. The Labute approximate surface area is 523 Å². The first-order valence-corrected chi connectivity index (χ1v) is 34.3. The number of alkyl halides is 9. The van der Waals surface area contributed by atoms with Gasteiger partial charge in [-0.3, -0.25) is 19.1 Å². The summed E-state index contributed by atoms with van der Waals surface area (Å²) in [5, 5.41) is 12.1. The summed E-state index contributed by atoms with van der Waals surface area (Å²) in [6, 6.07) is 8.57. The monoisotopic (exact) mass is 1320 g/mol. The van der Waals surface area contributed by atoms with Crippen molar-refractivity contribution in [2.45, 2.75) is 236 Å². The smallest absolute Gasteiger partial charge is 0.435 e. The molecule has 1 aromatic heterocycles. The molecule has 500 valence electrons. The van der Waals surface area contributed by atoms with Gasteiger partial charge >= 0.3 is 29.8 Å². The largest absolute Gasteiger partial charge is 0.492 e. The first-order chi connectivity index (χ1) is 41.9. The molecule has 4 aliphatic rings. The molecular formula is C61H92F9N6O9PS2. The molecule has 1 saturated heterocycles. The molecule has 3 unspecified atom stereocenters. The molecule has 3 fully saturated rings. The fourth-order valence-corrected chi connectivity index (χ4v) is 17.4. The van der Waals surface area contributed by atoms with Crippen LogP contribution in [0, 0.1) is 28.6 Å². The Morgan fingerprint density at radius 2 is 1.65 bits per heavy atom. The van der Waals surface area contributed by atoms with Crippen LogP contribution in [-0.2, 0) is 40.9 Å². The molecule has 2 N–H and O–H groups in total. The van der Waals surface area contributed by atoms with E-state index in [2.05, 4.69) is 70.6 Å². The van der Waals surface area contributed by atoms with Crippen LogP contribution in [0.15, 0.2) is 34.0 Å². The van der Waals surface area contributed by atoms with E-state index in [1.165, 1.54) is 21.9 Å². The number of hydrogen-bond acceptors (Lipinski definition) is 14. The summed E-state index contributed by atoms with van der Waals surface area (Å²) in [4.78, 5) is 43.3. The molecule has 2 aromatic rings. The Morgan fingerprint density at radius 3 is 2.33 bits per heavy atom. The standard InChI is InChI=1S/C61H92F9N6O9PS2/c1-40(2)76(41(3)4)86(83-34-15-28-71)85-50-38-53(84-42(50)5)75-39-44(54(78)73-55(75)79)18-24-52(77)72-29-13-11-10-12-14-36-87-88-56(6,7)27-30-74(9)31-35-80-45-19-21-46-43(37-45)17-20-48-47(46)25-26-57(8)49(48)22-23-51(57)81-32-16-33-82-58(59(62,63)64,60(65,66)67)61(68,69)70/h19,21,37,39-42,47-51,53H,10-18,20,22-27,29-36,38H2,1-9H3,(H,72,77)(H,73,78,79)/t42-,47?,48?,49+,50+,51+,53-,57+,86?/m1/s1/i5D. The van der Waals surface area contributed by atoms with Crippen molar-refractivity contribution >= 4 is 36.0 Å². The van der Waals surface area contributed by atoms with E-state index in [1.807, 2.05) is 55.3 Å². The first-order valence-electron chi connectivity index (χ1n) is 31.6. The van der Waals surface area contributed by atoms with Crippen LogP contribution in [0.2, 0.25) is 0 Å². The van der Waals surface area contributed by atoms with Gasteiger partial charge in [0.25, 0.3) is 14.1 Å². The summed E-state index contributed by atoms with van der Waals surface area (Å²) < 4.78 is 166. The molecule has 1 aromatic carbocycles. The van der Waals surface area contributed by atoms with E-state index in [4.69, 9.17) is 29.9 Å². The van der Waals surface area contributed by atoms with Gasteiger partial charge in [0, 0.05) is 68.3 Å². The van der Waals surface area contributed by atoms with Crippen molar-refractivity contribution in [1.82, 2.24) is 24.4 Å². The van der Waals surface area contributed by atoms with Crippen LogP contribution in [0.3, 0.4) is 0 Å². The topological polar surface area (TPSA) is 170 Å². The van der Waals surface area contributed by atoms with Crippen LogP contribution in [0.1, 0.15) is 182 Å². The number of aromatic amines is 1. The fraction of sp³-hybridized carbons (Fsp3) is 0.803. The molecular weight excluding hydrogens is 1230 g/mol. The minimum absolute atomic E-state index is 0.0673. The molecule has 88 heavy (non-hydrogen) atoms. The minimum atomic E-state index is -6.76. The van der Waals surface area contributed by atoms with Crippen LogP contribution in [-0.4, -0.2) is 143 Å². The summed E-state index contributed by atoms with van der Waals surface area (Å²) >= 11 is 0. The summed E-state index contributed by atoms with van der Waals surface area (Å²) in [5.74, 6) is 2.64. The normalized spacial score (nSPS) is 24.0. The molecule has 27 heteroatoms. The number of amides is 1. The van der Waals surface area contributed by atoms with E-state index < -0.39 is 75.4 Å². The van der Waals surface area contributed by atoms with Crippen molar-refractivity contribution in [3.8, 4) is 11.8 Å². The van der Waals surface area contributed by atoms with Crippen molar-refractivity contribution in [3.63, 3.8) is 0 Å². The van der Waals surface area contributed by atoms with E-state index in [-0.39, 0.29) is 91.5 Å². The van der Waals surface area contributed by atoms with E-state index in [0.717, 1.165) is 95.2 Å². The molecule has 3 aliphatic carbocycles. The lowest BCUT2D eigenvalue weighted by Crippen LogP contribution is -2.67. The SMILES string of the molecule is [2H]C[C@H]1O[C@@H](n2cc(CCC(=O)NCCCCCCCSSC(C)(C)CCN(C)CCOc3ccc4c(c3)CCC3C4CC[C@]4(C)[C@@H](OCCCOC(C(F)(F)F)(C(F)(F)F)C(F)(F)F)CC[C@@H]34)c(=O)[nH]c2=O)C[C@@H]1OP(OCCC#N)N(C(C)C)C(C)C. The van der Waals surface area contributed by atoms with Crippen molar-refractivity contribution in [2.24, 2.45) is 17.3 Å². The average Bonchev–Trinajstić information content (AvgIpc) is 1.65. The van der Waals surface area contributed by atoms with Crippen molar-refractivity contribution < 1.29 is 73.7 Å². The van der Waals surface area contributed by atoms with Gasteiger partial charge in [-0.25, -0.2) is 9.46 Å². The van der Waals surface area contributed by atoms with Crippen molar-refractivity contribution in [2.75, 3.05) is 58.9 Å². The number of nitriles is 1. The maximum Gasteiger partial charge on any atom is 0.435 e. The molecule has 6 rings (SSSR count). The van der Waals surface area contributed by atoms with Crippen LogP contribution in [0.25, 0.3) is 0 Å². The highest BCUT2D eigenvalue weighted by atomic mass is 33.1. The molecule has 1 aliphatic heterocycles. The summed E-state index contributed by atoms with van der Waals surface area (Å²) in [7, 11) is 4.29. The second-order valence-electron chi connectivity index (χ2n) is 25.2. The van der Waals surface area contributed by atoms with Gasteiger partial charge in [-0.05, 0) is 179 Å². The highest BCUT2D eigenvalue weighted by Gasteiger charge is 2.85. The fourth-order valence-electron chi connectivity index (χ4n) is 12.9. The second kappa shape index (κ2) is 32.6. The summed E-state index contributed by atoms with van der Waals surface area (Å²) in [6.45, 7) is 15.8. The summed E-state index contributed by atoms with van der Waals surface area (Å²) in [6.07, 6.45) is -10.2. The maximum absolute atomic E-state index is 13.3. The molecule has 2 saturated carbocycles. The molecule has 0 bridgehead atoms. The number of likely N-dealkylation sites (N-methyl/N-ethyl adjacent to an activating group) is 1. The Hall–Kier alpha value is -3.12. The van der Waals surface area contributed by atoms with Crippen LogP contribution in [0.5, 0.6) is 5.75 Å². The lowest BCUT2D eigenvalue weighted by Gasteiger charge is -2.50. The third kappa shape index (κ3) is 19.3. The zero-order valence-electron chi connectivity index (χ0n) is 53.0. The number of nitrogens with one attached hydrogen (secondary N) is 2. The Kier molecular flexibility index (Phi) is 26.8. The number of fused-ring (bicyclic) bond motifs is 5. The van der Waals surface area contributed by atoms with Gasteiger partial charge in [0.05, 0.1) is 44.0 Å². The van der Waals surface area contributed by atoms with Gasteiger partial charge in [-0.15, -0.1) is 0 Å². The van der Waals surface area contributed by atoms with Gasteiger partial charge < -0.3 is 38.2 Å². The zero-order chi connectivity index (χ0) is 65.5. The molecule has 0 spiro atoms. The van der Waals surface area contributed by atoms with Crippen LogP contribution >= 0.6 is 30.1 Å². The Balaban J connectivity index is 0.810. The highest BCUT2D eigenvalue weighted by Crippen LogP contribution is 2.62. The maximum atomic E-state index is 13.3. The van der Waals surface area contributed by atoms with Gasteiger partial charge in [0.1, 0.15) is 18.6 Å². The number of aromatic nitrogens is 2. The Bertz CT molecular complexity index is 2680. The van der Waals surface area contributed by atoms with Crippen molar-refractivity contribution in [1.29, 1.82) is 5.26 Å². The molecule has 15 nitrogen and oxygen atoms in total. The minimum Gasteiger partial charge on any atom is -0.492 e. The molecule has 1 amide bonds. The number of halogens is 9. The zero-order valence-corrected chi connectivity index (χ0v) is 54.5. The third-order valence-corrected chi connectivity index (χ3v) is 23.2. The third-order valence-electron chi connectivity index (χ3n) is 17.6. The van der Waals surface area contributed by atoms with E-state index in [0.29, 0.717) is 31.4 Å². The quantitative estimate of drug-likeness (QED) is 0.0289. The first kappa shape index (κ1) is 72.3. The van der Waals surface area contributed by atoms with Gasteiger partial charge in [-0.2, -0.15) is 44.8 Å². The van der Waals surface area contributed by atoms with E-state index in [1.54, 1.807) is 0 Å². The predicted molar refractivity (Wildman–Crippen MR) is 324 cm³/mol. The number of H-pyrrole nitrogens is 1. The number of ether oxygens (including phenoxy) is 4. The molecule has 2 heterocycles. The number of rotatable bonds is 35. The summed E-state index contributed by atoms with van der Waals surface area (Å²) in [5.41, 5.74) is -4.96. The molecule has 9 atom stereocenters. The lowest BCUT2D eigenvalue weighted by atomic mass is 9.55. The average molecular weight is 1320 g/mol. The number of hydrogen-bond donors (Lipinski definition) is 2. The number of benzene rings is 1. The van der Waals surface area contributed by atoms with E-state index in [9.17, 15) is 53.9 Å². The lowest BCUT2D eigenvalue weighted by molar-refractivity contribution is -0.457. The number of carbonyl (C=O) groups is 1. The van der Waals surface area contributed by atoms with Crippen molar-refractivity contribution in [3.05, 3.63) is 61.9 Å². The van der Waals surface area contributed by atoms with Crippen LogP contribution in [0.4, 0.5) is 39.5 Å². The number of aryl methyl sites for hydroxylation is 2. The van der Waals surface area contributed by atoms with Gasteiger partial charge in [-0.1, -0.05) is 53.8 Å². The number of unbranched alkanes of at least 4 members (excludes halogenated alkanes) is 4. The Morgan fingerprint density at radius 1 is 0.943 bits per heavy atom. The van der Waals surface area contributed by atoms with Gasteiger partial charge in [0.2, 0.25) is 5.91 Å². The predicted octanol–water partition coefficient (Wildman–Crippen LogP) is 14.1. The molecule has 0 radical (unpaired) electrons. The van der Waals surface area contributed by atoms with Gasteiger partial charge in [0.15, 0.2) is 0 Å². The van der Waals surface area contributed by atoms with Crippen LogP contribution < -0.4 is 21.3 Å². The van der Waals surface area contributed by atoms with E-state index >= 15 is 0 Å². The second-order valence-corrected chi connectivity index (χ2v) is 29.7. The highest BCUT2D eigenvalue weighted by molar-refractivity contribution is 8.77. The number of nitrogens with zero attached hydrogens (tertiary/aromatic N) is 4.